The molecule has 144 valence electrons. The van der Waals surface area contributed by atoms with Crippen LogP contribution in [0.3, 0.4) is 0 Å². The first-order valence-electron chi connectivity index (χ1n) is 9.36. The maximum absolute atomic E-state index is 12.9. The Hall–Kier alpha value is -1.47. The third kappa shape index (κ3) is 3.64. The first kappa shape index (κ1) is 17.9. The van der Waals surface area contributed by atoms with Gasteiger partial charge in [0.15, 0.2) is 0 Å². The van der Waals surface area contributed by atoms with E-state index in [4.69, 9.17) is 9.15 Å². The number of nitrogens with zero attached hydrogens (tertiary/aromatic N) is 2. The van der Waals surface area contributed by atoms with E-state index in [1.165, 1.54) is 0 Å². The number of ether oxygens (including phenoxy) is 1. The molecular formula is C19H26F2N2O3. The summed E-state index contributed by atoms with van der Waals surface area (Å²) in [7, 11) is 2.07. The Bertz CT molecular complexity index is 625. The maximum atomic E-state index is 12.9. The first-order chi connectivity index (χ1) is 12.3. The van der Waals surface area contributed by atoms with Crippen LogP contribution < -0.4 is 0 Å². The van der Waals surface area contributed by atoms with Crippen LogP contribution in [-0.2, 0) is 16.1 Å². The van der Waals surface area contributed by atoms with E-state index in [0.717, 1.165) is 31.7 Å². The molecule has 1 spiro atoms. The Morgan fingerprint density at radius 2 is 2.15 bits per heavy atom. The second-order valence-corrected chi connectivity index (χ2v) is 8.33. The summed E-state index contributed by atoms with van der Waals surface area (Å²) in [4.78, 5) is 16.1. The third-order valence-corrected chi connectivity index (χ3v) is 5.92. The first-order valence-corrected chi connectivity index (χ1v) is 9.36. The van der Waals surface area contributed by atoms with Crippen molar-refractivity contribution in [3.05, 3.63) is 24.2 Å². The highest BCUT2D eigenvalue weighted by Gasteiger charge is 2.54. The molecule has 0 aromatic carbocycles. The van der Waals surface area contributed by atoms with Gasteiger partial charge in [-0.05, 0) is 37.9 Å². The highest BCUT2D eigenvalue weighted by atomic mass is 19.3. The zero-order valence-corrected chi connectivity index (χ0v) is 15.1. The number of halogens is 2. The molecule has 3 aliphatic rings. The summed E-state index contributed by atoms with van der Waals surface area (Å²) < 4.78 is 37.4. The fourth-order valence-corrected chi connectivity index (χ4v) is 4.38. The molecule has 3 heterocycles. The second-order valence-electron chi connectivity index (χ2n) is 8.33. The highest BCUT2D eigenvalue weighted by molar-refractivity contribution is 5.81. The summed E-state index contributed by atoms with van der Waals surface area (Å²) in [6, 6.07) is 3.87. The lowest BCUT2D eigenvalue weighted by atomic mass is 9.77. The number of furan rings is 1. The zero-order valence-electron chi connectivity index (χ0n) is 15.1. The van der Waals surface area contributed by atoms with Crippen molar-refractivity contribution in [2.45, 2.75) is 43.8 Å². The lowest BCUT2D eigenvalue weighted by Gasteiger charge is -2.54. The quantitative estimate of drug-likeness (QED) is 0.802. The molecule has 2 saturated heterocycles. The largest absolute Gasteiger partial charge is 0.468 e. The predicted octanol–water partition coefficient (Wildman–Crippen LogP) is 2.76. The van der Waals surface area contributed by atoms with Crippen LogP contribution in [0.1, 0.15) is 31.4 Å². The number of alkyl halides is 2. The minimum atomic E-state index is -2.64. The molecule has 1 aromatic rings. The van der Waals surface area contributed by atoms with Crippen molar-refractivity contribution in [3.8, 4) is 0 Å². The molecule has 0 N–H and O–H groups in total. The predicted molar refractivity (Wildman–Crippen MR) is 90.7 cm³/mol. The Morgan fingerprint density at radius 1 is 1.38 bits per heavy atom. The molecule has 26 heavy (non-hydrogen) atoms. The Labute approximate surface area is 152 Å². The van der Waals surface area contributed by atoms with Crippen molar-refractivity contribution >= 4 is 5.91 Å². The summed E-state index contributed by atoms with van der Waals surface area (Å²) in [5.74, 6) is -1.83. The van der Waals surface area contributed by atoms with E-state index >= 15 is 0 Å². The second kappa shape index (κ2) is 6.60. The van der Waals surface area contributed by atoms with E-state index < -0.39 is 11.8 Å². The van der Waals surface area contributed by atoms with Crippen molar-refractivity contribution in [1.82, 2.24) is 9.80 Å². The van der Waals surface area contributed by atoms with Gasteiger partial charge in [0.2, 0.25) is 11.8 Å². The summed E-state index contributed by atoms with van der Waals surface area (Å²) in [6.07, 6.45) is 3.09. The van der Waals surface area contributed by atoms with Crippen LogP contribution in [0.5, 0.6) is 0 Å². The van der Waals surface area contributed by atoms with Crippen molar-refractivity contribution < 1.29 is 22.7 Å². The van der Waals surface area contributed by atoms with Gasteiger partial charge in [0.05, 0.1) is 32.5 Å². The molecule has 0 bridgehead atoms. The monoisotopic (exact) mass is 368 g/mol. The SMILES string of the molecule is CN(Cc1ccco1)C[C@@H]1CCC2(CN(C(=O)C3CC(F)(F)C3)C2)OC1. The van der Waals surface area contributed by atoms with Crippen LogP contribution in [-0.4, -0.2) is 60.5 Å². The van der Waals surface area contributed by atoms with E-state index in [-0.39, 0.29) is 24.3 Å². The van der Waals surface area contributed by atoms with Crippen LogP contribution in [0.15, 0.2) is 22.8 Å². The van der Waals surface area contributed by atoms with Crippen LogP contribution in [0, 0.1) is 11.8 Å². The molecule has 2 aliphatic heterocycles. The molecule has 4 rings (SSSR count). The maximum Gasteiger partial charge on any atom is 0.249 e. The number of hydrogen-bond acceptors (Lipinski definition) is 4. The molecule has 1 amide bonds. The molecule has 0 unspecified atom stereocenters. The molecule has 0 radical (unpaired) electrons. The van der Waals surface area contributed by atoms with Gasteiger partial charge in [-0.1, -0.05) is 0 Å². The molecule has 1 atom stereocenters. The minimum Gasteiger partial charge on any atom is -0.468 e. The molecule has 3 fully saturated rings. The molecule has 1 saturated carbocycles. The summed E-state index contributed by atoms with van der Waals surface area (Å²) >= 11 is 0. The standard InChI is InChI=1S/C19H26F2N2O3/c1-22(10-16-3-2-6-25-16)9-14-4-5-18(26-11-14)12-23(13-18)17(24)15-7-19(20,21)8-15/h2-3,6,14-15H,4-5,7-13H2,1H3/t14-/m0/s1. The van der Waals surface area contributed by atoms with Crippen LogP contribution in [0.25, 0.3) is 0 Å². The smallest absolute Gasteiger partial charge is 0.249 e. The number of amides is 1. The van der Waals surface area contributed by atoms with Gasteiger partial charge in [-0.2, -0.15) is 0 Å². The van der Waals surface area contributed by atoms with Crippen LogP contribution in [0.2, 0.25) is 0 Å². The van der Waals surface area contributed by atoms with Gasteiger partial charge >= 0.3 is 0 Å². The molecule has 7 heteroatoms. The van der Waals surface area contributed by atoms with Gasteiger partial charge in [0.1, 0.15) is 11.4 Å². The topological polar surface area (TPSA) is 45.9 Å². The Kier molecular flexibility index (Phi) is 4.55. The number of carbonyl (C=O) groups is 1. The van der Waals surface area contributed by atoms with E-state index in [2.05, 4.69) is 11.9 Å². The van der Waals surface area contributed by atoms with Crippen molar-refractivity contribution in [2.24, 2.45) is 11.8 Å². The van der Waals surface area contributed by atoms with Crippen molar-refractivity contribution in [2.75, 3.05) is 33.3 Å². The summed E-state index contributed by atoms with van der Waals surface area (Å²) in [5.41, 5.74) is -0.238. The number of likely N-dealkylation sites (tertiary alicyclic amines) is 1. The molecule has 1 aromatic heterocycles. The van der Waals surface area contributed by atoms with Gasteiger partial charge in [-0.25, -0.2) is 8.78 Å². The molecule has 1 aliphatic carbocycles. The molecular weight excluding hydrogens is 342 g/mol. The minimum absolute atomic E-state index is 0.120. The van der Waals surface area contributed by atoms with Gasteiger partial charge < -0.3 is 14.1 Å². The van der Waals surface area contributed by atoms with Gasteiger partial charge in [-0.15, -0.1) is 0 Å². The lowest BCUT2D eigenvalue weighted by molar-refractivity contribution is -0.201. The number of carbonyl (C=O) groups excluding carboxylic acids is 1. The Morgan fingerprint density at radius 3 is 2.73 bits per heavy atom. The summed E-state index contributed by atoms with van der Waals surface area (Å²) in [5, 5.41) is 0. The third-order valence-electron chi connectivity index (χ3n) is 5.92. The lowest BCUT2D eigenvalue weighted by Crippen LogP contribution is -2.68. The van der Waals surface area contributed by atoms with Gasteiger partial charge in [0, 0.05) is 25.3 Å². The zero-order chi connectivity index (χ0) is 18.4. The van der Waals surface area contributed by atoms with E-state index in [1.54, 1.807) is 11.2 Å². The number of hydrogen-bond donors (Lipinski definition) is 0. The average molecular weight is 368 g/mol. The average Bonchev–Trinajstić information content (AvgIpc) is 3.03. The summed E-state index contributed by atoms with van der Waals surface area (Å²) in [6.45, 7) is 3.53. The van der Waals surface area contributed by atoms with E-state index in [1.807, 2.05) is 12.1 Å². The normalized spacial score (nSPS) is 27.4. The van der Waals surface area contributed by atoms with Crippen molar-refractivity contribution in [3.63, 3.8) is 0 Å². The van der Waals surface area contributed by atoms with E-state index in [9.17, 15) is 13.6 Å². The van der Waals surface area contributed by atoms with Gasteiger partial charge in [0.25, 0.3) is 0 Å². The van der Waals surface area contributed by atoms with E-state index in [0.29, 0.717) is 25.6 Å². The fraction of sp³-hybridized carbons (Fsp3) is 0.737. The number of rotatable bonds is 5. The van der Waals surface area contributed by atoms with Crippen LogP contribution in [0.4, 0.5) is 8.78 Å². The van der Waals surface area contributed by atoms with Crippen LogP contribution >= 0.6 is 0 Å². The van der Waals surface area contributed by atoms with Gasteiger partial charge in [-0.3, -0.25) is 9.69 Å². The fourth-order valence-electron chi connectivity index (χ4n) is 4.38. The highest BCUT2D eigenvalue weighted by Crippen LogP contribution is 2.45. The molecule has 5 nitrogen and oxygen atoms in total. The van der Waals surface area contributed by atoms with Crippen molar-refractivity contribution in [1.29, 1.82) is 0 Å². The Balaban J connectivity index is 1.18.